The van der Waals surface area contributed by atoms with Gasteiger partial charge in [-0.25, -0.2) is 9.97 Å². The molecule has 3 N–H and O–H groups in total. The van der Waals surface area contributed by atoms with E-state index in [9.17, 15) is 0 Å². The zero-order chi connectivity index (χ0) is 12.0. The van der Waals surface area contributed by atoms with Crippen molar-refractivity contribution in [1.82, 2.24) is 15.0 Å². The summed E-state index contributed by atoms with van der Waals surface area (Å²) in [7, 11) is 0. The monoisotopic (exact) mass is 240 g/mol. The first-order valence-corrected chi connectivity index (χ1v) is 5.36. The number of halogens is 1. The molecule has 0 fully saturated rings. The van der Waals surface area contributed by atoms with Crippen LogP contribution in [0.25, 0.3) is 0 Å². The molecule has 0 aromatic carbocycles. The molecule has 1 rings (SSSR count). The SMILES string of the molecule is CCNc1ncnc(C(C#N)(CN)CCl)n1. The Bertz CT molecular complexity index is 384. The molecule has 0 saturated heterocycles. The van der Waals surface area contributed by atoms with Crippen molar-refractivity contribution in [3.8, 4) is 6.07 Å². The van der Waals surface area contributed by atoms with Gasteiger partial charge in [-0.1, -0.05) is 0 Å². The number of aromatic nitrogens is 3. The molecule has 6 nitrogen and oxygen atoms in total. The minimum Gasteiger partial charge on any atom is -0.354 e. The van der Waals surface area contributed by atoms with E-state index in [1.165, 1.54) is 6.33 Å². The summed E-state index contributed by atoms with van der Waals surface area (Å²) in [6.45, 7) is 2.68. The lowest BCUT2D eigenvalue weighted by molar-refractivity contribution is 0.581. The van der Waals surface area contributed by atoms with E-state index >= 15 is 0 Å². The van der Waals surface area contributed by atoms with Crippen molar-refractivity contribution >= 4 is 17.5 Å². The highest BCUT2D eigenvalue weighted by Crippen LogP contribution is 2.20. The first kappa shape index (κ1) is 12.6. The summed E-state index contributed by atoms with van der Waals surface area (Å²) in [5.41, 5.74) is 4.51. The summed E-state index contributed by atoms with van der Waals surface area (Å²) in [6.07, 6.45) is 1.34. The summed E-state index contributed by atoms with van der Waals surface area (Å²) < 4.78 is 0. The van der Waals surface area contributed by atoms with E-state index in [4.69, 9.17) is 22.6 Å². The van der Waals surface area contributed by atoms with Gasteiger partial charge in [-0.05, 0) is 6.92 Å². The number of nitrogens with zero attached hydrogens (tertiary/aromatic N) is 4. The summed E-state index contributed by atoms with van der Waals surface area (Å²) >= 11 is 5.77. The zero-order valence-electron chi connectivity index (χ0n) is 8.94. The van der Waals surface area contributed by atoms with Crippen molar-refractivity contribution in [2.45, 2.75) is 12.3 Å². The van der Waals surface area contributed by atoms with Gasteiger partial charge in [0.15, 0.2) is 5.82 Å². The lowest BCUT2D eigenvalue weighted by atomic mass is 9.91. The molecule has 16 heavy (non-hydrogen) atoms. The molecule has 7 heteroatoms. The van der Waals surface area contributed by atoms with Gasteiger partial charge >= 0.3 is 0 Å². The van der Waals surface area contributed by atoms with Crippen LogP contribution in [0.1, 0.15) is 12.7 Å². The maximum atomic E-state index is 9.12. The Morgan fingerprint density at radius 3 is 2.88 bits per heavy atom. The third kappa shape index (κ3) is 2.38. The fourth-order valence-corrected chi connectivity index (χ4v) is 1.39. The normalized spacial score (nSPS) is 13.9. The molecule has 1 aromatic heterocycles. The molecule has 1 heterocycles. The van der Waals surface area contributed by atoms with Gasteiger partial charge in [0.2, 0.25) is 5.95 Å². The Labute approximate surface area is 98.9 Å². The van der Waals surface area contributed by atoms with Gasteiger partial charge in [0, 0.05) is 19.0 Å². The molecule has 0 saturated carbocycles. The smallest absolute Gasteiger partial charge is 0.225 e. The molecule has 0 bridgehead atoms. The maximum Gasteiger partial charge on any atom is 0.225 e. The van der Waals surface area contributed by atoms with Crippen molar-refractivity contribution < 1.29 is 0 Å². The Morgan fingerprint density at radius 1 is 1.62 bits per heavy atom. The topological polar surface area (TPSA) is 101 Å². The molecule has 0 aliphatic rings. The number of hydrogen-bond acceptors (Lipinski definition) is 6. The second-order valence-corrected chi connectivity index (χ2v) is 3.46. The second kappa shape index (κ2) is 5.58. The first-order chi connectivity index (χ1) is 7.72. The molecule has 86 valence electrons. The van der Waals surface area contributed by atoms with Crippen LogP contribution in [0.3, 0.4) is 0 Å². The number of nitriles is 1. The molecule has 0 radical (unpaired) electrons. The van der Waals surface area contributed by atoms with Gasteiger partial charge in [0.1, 0.15) is 11.7 Å². The van der Waals surface area contributed by atoms with Crippen LogP contribution in [-0.2, 0) is 5.41 Å². The van der Waals surface area contributed by atoms with E-state index in [1.54, 1.807) is 0 Å². The molecule has 1 atom stereocenters. The van der Waals surface area contributed by atoms with Crippen molar-refractivity contribution in [1.29, 1.82) is 5.26 Å². The number of nitrogens with one attached hydrogen (secondary N) is 1. The van der Waals surface area contributed by atoms with Crippen molar-refractivity contribution in [3.63, 3.8) is 0 Å². The van der Waals surface area contributed by atoms with E-state index < -0.39 is 5.41 Å². The Kier molecular flexibility index (Phi) is 4.40. The molecule has 1 unspecified atom stereocenters. The minimum absolute atomic E-state index is 0.0512. The van der Waals surface area contributed by atoms with Gasteiger partial charge in [0.25, 0.3) is 0 Å². The van der Waals surface area contributed by atoms with Gasteiger partial charge in [-0.3, -0.25) is 0 Å². The Morgan fingerprint density at radius 2 is 2.38 bits per heavy atom. The van der Waals surface area contributed by atoms with Crippen LogP contribution in [0.15, 0.2) is 6.33 Å². The van der Waals surface area contributed by atoms with Crippen LogP contribution in [-0.4, -0.2) is 33.9 Å². The number of nitrogens with two attached hydrogens (primary N) is 1. The summed E-state index contributed by atoms with van der Waals surface area (Å²) in [6, 6.07) is 2.06. The van der Waals surface area contributed by atoms with Crippen LogP contribution >= 0.6 is 11.6 Å². The number of rotatable bonds is 5. The van der Waals surface area contributed by atoms with Crippen LogP contribution < -0.4 is 11.1 Å². The molecule has 0 aliphatic carbocycles. The predicted molar refractivity (Wildman–Crippen MR) is 61.1 cm³/mol. The Balaban J connectivity index is 3.11. The molecule has 0 aliphatic heterocycles. The number of alkyl halides is 1. The summed E-state index contributed by atoms with van der Waals surface area (Å²) in [5.74, 6) is 0.777. The average Bonchev–Trinajstić information content (AvgIpc) is 2.33. The highest BCUT2D eigenvalue weighted by Gasteiger charge is 2.33. The molecular formula is C9H13ClN6. The quantitative estimate of drug-likeness (QED) is 0.716. The van der Waals surface area contributed by atoms with Crippen LogP contribution in [0, 0.1) is 11.3 Å². The van der Waals surface area contributed by atoms with E-state index in [0.29, 0.717) is 18.3 Å². The zero-order valence-corrected chi connectivity index (χ0v) is 9.70. The van der Waals surface area contributed by atoms with E-state index in [2.05, 4.69) is 26.3 Å². The second-order valence-electron chi connectivity index (χ2n) is 3.19. The third-order valence-corrected chi connectivity index (χ3v) is 2.58. The lowest BCUT2D eigenvalue weighted by Gasteiger charge is -2.19. The van der Waals surface area contributed by atoms with Gasteiger partial charge in [0.05, 0.1) is 6.07 Å². The first-order valence-electron chi connectivity index (χ1n) is 4.83. The molecule has 0 spiro atoms. The van der Waals surface area contributed by atoms with E-state index in [1.807, 2.05) is 6.92 Å². The van der Waals surface area contributed by atoms with Crippen LogP contribution in [0.2, 0.25) is 0 Å². The van der Waals surface area contributed by atoms with E-state index in [0.717, 1.165) is 0 Å². The van der Waals surface area contributed by atoms with Gasteiger partial charge in [-0.2, -0.15) is 10.2 Å². The minimum atomic E-state index is -1.05. The molecule has 1 aromatic rings. The largest absolute Gasteiger partial charge is 0.354 e. The lowest BCUT2D eigenvalue weighted by Crippen LogP contribution is -2.37. The fraction of sp³-hybridized carbons (Fsp3) is 0.556. The van der Waals surface area contributed by atoms with Gasteiger partial charge in [-0.15, -0.1) is 11.6 Å². The average molecular weight is 241 g/mol. The molecule has 0 amide bonds. The Hall–Kier alpha value is -1.45. The summed E-state index contributed by atoms with van der Waals surface area (Å²) in [4.78, 5) is 12.0. The van der Waals surface area contributed by atoms with Crippen molar-refractivity contribution in [2.24, 2.45) is 5.73 Å². The molecular weight excluding hydrogens is 228 g/mol. The third-order valence-electron chi connectivity index (χ3n) is 2.13. The van der Waals surface area contributed by atoms with Gasteiger partial charge < -0.3 is 11.1 Å². The van der Waals surface area contributed by atoms with E-state index in [-0.39, 0.29) is 12.4 Å². The fourth-order valence-electron chi connectivity index (χ4n) is 1.10. The van der Waals surface area contributed by atoms with Crippen molar-refractivity contribution in [3.05, 3.63) is 12.2 Å². The summed E-state index contributed by atoms with van der Waals surface area (Å²) in [5, 5.41) is 12.1. The number of anilines is 1. The number of hydrogen-bond donors (Lipinski definition) is 2. The van der Waals surface area contributed by atoms with Crippen molar-refractivity contribution in [2.75, 3.05) is 24.3 Å². The maximum absolute atomic E-state index is 9.12. The highest BCUT2D eigenvalue weighted by molar-refractivity contribution is 6.19. The highest BCUT2D eigenvalue weighted by atomic mass is 35.5. The van der Waals surface area contributed by atoms with Crippen LogP contribution in [0.5, 0.6) is 0 Å². The van der Waals surface area contributed by atoms with Crippen LogP contribution in [0.4, 0.5) is 5.95 Å². The predicted octanol–water partition coefficient (Wildman–Crippen LogP) is 0.262. The standard InChI is InChI=1S/C9H13ClN6/c1-2-13-8-15-6-14-7(16-8)9(3-10,4-11)5-12/h6H,2-4,11H2,1H3,(H,13,14,15,16).